The second-order valence-corrected chi connectivity index (χ2v) is 7.53. The minimum absolute atomic E-state index is 0.0486. The molecule has 0 aromatic carbocycles. The van der Waals surface area contributed by atoms with Gasteiger partial charge in [0.15, 0.2) is 0 Å². The molecule has 0 spiro atoms. The third kappa shape index (κ3) is 1.29. The van der Waals surface area contributed by atoms with Crippen LogP contribution >= 0.6 is 15.9 Å². The van der Waals surface area contributed by atoms with Gasteiger partial charge >= 0.3 is 0 Å². The lowest BCUT2D eigenvalue weighted by Crippen LogP contribution is -2.37. The standard InChI is InChI=1S/C15H20BrNO2/c1-8-9(2)15(4)7-14(8,3)10-11(15)13(19)17(6-5-16)12(10)18/h10-11H,5-7H2,1-4H3. The van der Waals surface area contributed by atoms with Crippen LogP contribution in [0.25, 0.3) is 0 Å². The molecule has 104 valence electrons. The fourth-order valence-corrected chi connectivity index (χ4v) is 5.24. The summed E-state index contributed by atoms with van der Waals surface area (Å²) in [7, 11) is 0. The number of imide groups is 1. The molecule has 3 rings (SSSR count). The van der Waals surface area contributed by atoms with E-state index in [4.69, 9.17) is 0 Å². The first kappa shape index (κ1) is 13.3. The van der Waals surface area contributed by atoms with Crippen LogP contribution in [0.5, 0.6) is 0 Å². The lowest BCUT2D eigenvalue weighted by Gasteiger charge is -2.34. The third-order valence-corrected chi connectivity index (χ3v) is 6.44. The Hall–Kier alpha value is -0.640. The molecule has 2 bridgehead atoms. The van der Waals surface area contributed by atoms with E-state index in [1.54, 1.807) is 0 Å². The lowest BCUT2D eigenvalue weighted by atomic mass is 9.66. The molecule has 2 aliphatic carbocycles. The van der Waals surface area contributed by atoms with Gasteiger partial charge in [-0.2, -0.15) is 0 Å². The minimum atomic E-state index is -0.132. The summed E-state index contributed by atoms with van der Waals surface area (Å²) < 4.78 is 0. The molecule has 0 N–H and O–H groups in total. The topological polar surface area (TPSA) is 37.4 Å². The maximum Gasteiger partial charge on any atom is 0.234 e. The zero-order valence-electron chi connectivity index (χ0n) is 11.9. The van der Waals surface area contributed by atoms with Gasteiger partial charge in [0.1, 0.15) is 0 Å². The quantitative estimate of drug-likeness (QED) is 0.444. The van der Waals surface area contributed by atoms with Crippen LogP contribution in [-0.4, -0.2) is 28.6 Å². The van der Waals surface area contributed by atoms with Crippen LogP contribution in [0.15, 0.2) is 11.1 Å². The van der Waals surface area contributed by atoms with Gasteiger partial charge in [-0.25, -0.2) is 0 Å². The summed E-state index contributed by atoms with van der Waals surface area (Å²) >= 11 is 3.33. The van der Waals surface area contributed by atoms with E-state index in [2.05, 4.69) is 43.6 Å². The van der Waals surface area contributed by atoms with Gasteiger partial charge < -0.3 is 0 Å². The molecule has 2 fully saturated rings. The van der Waals surface area contributed by atoms with Gasteiger partial charge in [0.25, 0.3) is 0 Å². The van der Waals surface area contributed by atoms with Crippen molar-refractivity contribution in [1.82, 2.24) is 4.90 Å². The molecule has 3 nitrogen and oxygen atoms in total. The molecule has 0 aromatic rings. The average molecular weight is 326 g/mol. The molecular weight excluding hydrogens is 306 g/mol. The van der Waals surface area contributed by atoms with E-state index >= 15 is 0 Å². The zero-order valence-corrected chi connectivity index (χ0v) is 13.5. The number of halogens is 1. The number of hydrogen-bond acceptors (Lipinski definition) is 2. The SMILES string of the molecule is CC1=C(C)C2(C)CC1(C)C1C(=O)N(CCBr)C(=O)C12. The molecule has 1 heterocycles. The van der Waals surface area contributed by atoms with Crippen molar-refractivity contribution in [3.63, 3.8) is 0 Å². The number of allylic oxidation sites excluding steroid dienone is 2. The Morgan fingerprint density at radius 2 is 1.53 bits per heavy atom. The number of hydrogen-bond donors (Lipinski definition) is 0. The molecule has 0 aromatic heterocycles. The molecule has 4 atom stereocenters. The monoisotopic (exact) mass is 325 g/mol. The average Bonchev–Trinajstić information content (AvgIpc) is 2.82. The fourth-order valence-electron chi connectivity index (χ4n) is 4.89. The molecule has 19 heavy (non-hydrogen) atoms. The number of rotatable bonds is 2. The lowest BCUT2D eigenvalue weighted by molar-refractivity contribution is -0.141. The van der Waals surface area contributed by atoms with Crippen LogP contribution in [0.2, 0.25) is 0 Å². The van der Waals surface area contributed by atoms with Crippen molar-refractivity contribution in [2.75, 3.05) is 11.9 Å². The van der Waals surface area contributed by atoms with Crippen LogP contribution in [-0.2, 0) is 9.59 Å². The van der Waals surface area contributed by atoms with E-state index in [1.165, 1.54) is 16.0 Å². The number of fused-ring (bicyclic) bond motifs is 5. The largest absolute Gasteiger partial charge is 0.281 e. The Balaban J connectivity index is 2.12. The summed E-state index contributed by atoms with van der Waals surface area (Å²) in [5, 5.41) is 0.655. The van der Waals surface area contributed by atoms with Crippen molar-refractivity contribution in [3.8, 4) is 0 Å². The van der Waals surface area contributed by atoms with Crippen molar-refractivity contribution in [3.05, 3.63) is 11.1 Å². The van der Waals surface area contributed by atoms with E-state index < -0.39 is 0 Å². The van der Waals surface area contributed by atoms with Crippen LogP contribution in [0, 0.1) is 22.7 Å². The maximum atomic E-state index is 12.6. The number of carbonyl (C=O) groups is 2. The Morgan fingerprint density at radius 3 is 1.89 bits per heavy atom. The van der Waals surface area contributed by atoms with Gasteiger partial charge in [-0.15, -0.1) is 0 Å². The number of carbonyl (C=O) groups excluding carboxylic acids is 2. The normalized spacial score (nSPS) is 44.6. The minimum Gasteiger partial charge on any atom is -0.281 e. The van der Waals surface area contributed by atoms with E-state index in [9.17, 15) is 9.59 Å². The highest BCUT2D eigenvalue weighted by molar-refractivity contribution is 9.09. The predicted molar refractivity (Wildman–Crippen MR) is 76.7 cm³/mol. The maximum absolute atomic E-state index is 12.6. The zero-order chi connectivity index (χ0) is 14.2. The first-order chi connectivity index (χ1) is 8.79. The van der Waals surface area contributed by atoms with Crippen molar-refractivity contribution >= 4 is 27.7 Å². The van der Waals surface area contributed by atoms with E-state index in [1.807, 2.05) is 0 Å². The van der Waals surface area contributed by atoms with Crippen LogP contribution in [0.4, 0.5) is 0 Å². The molecule has 4 heteroatoms. The molecule has 1 aliphatic heterocycles. The van der Waals surface area contributed by atoms with Crippen molar-refractivity contribution in [2.24, 2.45) is 22.7 Å². The molecular formula is C15H20BrNO2. The summed E-state index contributed by atoms with van der Waals surface area (Å²) in [6.07, 6.45) is 0.951. The van der Waals surface area contributed by atoms with Gasteiger partial charge in [-0.05, 0) is 20.3 Å². The first-order valence-corrected chi connectivity index (χ1v) is 8.01. The van der Waals surface area contributed by atoms with Crippen molar-refractivity contribution in [2.45, 2.75) is 34.1 Å². The van der Waals surface area contributed by atoms with E-state index in [0.29, 0.717) is 11.9 Å². The molecule has 1 saturated heterocycles. The highest BCUT2D eigenvalue weighted by atomic mass is 79.9. The van der Waals surface area contributed by atoms with Gasteiger partial charge in [0, 0.05) is 22.7 Å². The van der Waals surface area contributed by atoms with E-state index in [-0.39, 0.29) is 34.5 Å². The van der Waals surface area contributed by atoms with Gasteiger partial charge in [0.2, 0.25) is 11.8 Å². The Labute approximate surface area is 122 Å². The number of nitrogens with zero attached hydrogens (tertiary/aromatic N) is 1. The number of likely N-dealkylation sites (tertiary alicyclic amines) is 1. The Bertz CT molecular complexity index is 484. The van der Waals surface area contributed by atoms with E-state index in [0.717, 1.165) is 6.42 Å². The molecule has 0 radical (unpaired) electrons. The molecule has 1 saturated carbocycles. The van der Waals surface area contributed by atoms with Crippen LogP contribution in [0.1, 0.15) is 34.1 Å². The number of amides is 2. The Morgan fingerprint density at radius 1 is 1.11 bits per heavy atom. The second-order valence-electron chi connectivity index (χ2n) is 6.73. The van der Waals surface area contributed by atoms with Crippen LogP contribution < -0.4 is 0 Å². The summed E-state index contributed by atoms with van der Waals surface area (Å²) in [5.41, 5.74) is 2.44. The first-order valence-electron chi connectivity index (χ1n) is 6.88. The smallest absolute Gasteiger partial charge is 0.234 e. The number of alkyl halides is 1. The van der Waals surface area contributed by atoms with Gasteiger partial charge in [0.05, 0.1) is 11.8 Å². The molecule has 2 amide bonds. The highest BCUT2D eigenvalue weighted by Gasteiger charge is 2.71. The van der Waals surface area contributed by atoms with Crippen LogP contribution in [0.3, 0.4) is 0 Å². The third-order valence-electron chi connectivity index (χ3n) is 6.09. The van der Waals surface area contributed by atoms with Gasteiger partial charge in [-0.3, -0.25) is 14.5 Å². The summed E-state index contributed by atoms with van der Waals surface area (Å²) in [5.74, 6) is -0.166. The highest BCUT2D eigenvalue weighted by Crippen LogP contribution is 2.71. The van der Waals surface area contributed by atoms with Crippen molar-refractivity contribution < 1.29 is 9.59 Å². The Kier molecular flexibility index (Phi) is 2.61. The summed E-state index contributed by atoms with van der Waals surface area (Å²) in [6.45, 7) is 9.12. The fraction of sp³-hybridized carbons (Fsp3) is 0.733. The summed E-state index contributed by atoms with van der Waals surface area (Å²) in [6, 6.07) is 0. The summed E-state index contributed by atoms with van der Waals surface area (Å²) in [4.78, 5) is 26.8. The molecule has 3 aliphatic rings. The molecule has 4 unspecified atom stereocenters. The predicted octanol–water partition coefficient (Wildman–Crippen LogP) is 2.75. The second kappa shape index (κ2) is 3.72. The van der Waals surface area contributed by atoms with Gasteiger partial charge in [-0.1, -0.05) is 40.9 Å². The van der Waals surface area contributed by atoms with Crippen molar-refractivity contribution in [1.29, 1.82) is 0 Å².